The summed E-state index contributed by atoms with van der Waals surface area (Å²) in [6.45, 7) is 1.18. The topological polar surface area (TPSA) is 14.1 Å². The molecule has 1 heteroatoms. The first-order valence-electron chi connectivity index (χ1n) is 6.51. The van der Waals surface area contributed by atoms with E-state index in [1.807, 2.05) is 0 Å². The average molecular weight is 192 g/mol. The first-order valence-corrected chi connectivity index (χ1v) is 6.51. The van der Waals surface area contributed by atoms with Crippen molar-refractivity contribution < 1.29 is 0 Å². The van der Waals surface area contributed by atoms with Gasteiger partial charge < -0.3 is 0 Å². The summed E-state index contributed by atoms with van der Waals surface area (Å²) >= 11 is 0. The summed E-state index contributed by atoms with van der Waals surface area (Å²) in [5.41, 5.74) is 1.23. The molecule has 1 radical (unpaired) electrons. The number of nitrogens with zero attached hydrogens (tertiary/aromatic N) is 1. The molecule has 1 aliphatic heterocycles. The lowest BCUT2D eigenvalue weighted by Crippen LogP contribution is -2.48. The minimum Gasteiger partial charge on any atom is -0.235 e. The summed E-state index contributed by atoms with van der Waals surface area (Å²) in [6, 6.07) is 0. The molecule has 1 saturated heterocycles. The summed E-state index contributed by atoms with van der Waals surface area (Å²) in [4.78, 5) is 0. The third-order valence-corrected chi connectivity index (χ3v) is 4.99. The van der Waals surface area contributed by atoms with Crippen molar-refractivity contribution in [3.63, 3.8) is 0 Å². The van der Waals surface area contributed by atoms with E-state index in [2.05, 4.69) is 0 Å². The molecule has 0 atom stereocenters. The van der Waals surface area contributed by atoms with Crippen LogP contribution in [0.4, 0.5) is 0 Å². The molecular formula is C13H22N. The van der Waals surface area contributed by atoms with Gasteiger partial charge in [0.25, 0.3) is 0 Å². The molecule has 0 N–H and O–H groups in total. The van der Waals surface area contributed by atoms with Crippen molar-refractivity contribution in [2.75, 3.05) is 6.54 Å². The van der Waals surface area contributed by atoms with Gasteiger partial charge in [-0.05, 0) is 43.9 Å². The van der Waals surface area contributed by atoms with Crippen LogP contribution in [0.3, 0.4) is 0 Å². The maximum Gasteiger partial charge on any atom is 0.0362 e. The Morgan fingerprint density at radius 1 is 0.714 bits per heavy atom. The standard InChI is InChI=1S/C13H22N/c1-2-6-12(5-1)9-10-14-13(11-12)7-3-4-8-13/h1-11H2. The molecule has 2 aliphatic carbocycles. The molecule has 0 amide bonds. The minimum absolute atomic E-state index is 0.475. The predicted octanol–water partition coefficient (Wildman–Crippen LogP) is 3.26. The van der Waals surface area contributed by atoms with Crippen LogP contribution in [-0.2, 0) is 0 Å². The second-order valence-corrected chi connectivity index (χ2v) is 5.95. The fourth-order valence-corrected chi connectivity index (χ4v) is 4.29. The summed E-state index contributed by atoms with van der Waals surface area (Å²) in [5.74, 6) is 0. The highest BCUT2D eigenvalue weighted by Gasteiger charge is 2.47. The fraction of sp³-hybridized carbons (Fsp3) is 1.00. The van der Waals surface area contributed by atoms with E-state index in [4.69, 9.17) is 5.32 Å². The normalized spacial score (nSPS) is 34.3. The van der Waals surface area contributed by atoms with Crippen molar-refractivity contribution in [2.45, 2.75) is 69.7 Å². The van der Waals surface area contributed by atoms with E-state index in [1.54, 1.807) is 0 Å². The first-order chi connectivity index (χ1) is 6.83. The minimum atomic E-state index is 0.475. The van der Waals surface area contributed by atoms with Gasteiger partial charge in [-0.1, -0.05) is 25.7 Å². The van der Waals surface area contributed by atoms with Gasteiger partial charge in [0, 0.05) is 12.1 Å². The largest absolute Gasteiger partial charge is 0.235 e. The second kappa shape index (κ2) is 3.23. The highest BCUT2D eigenvalue weighted by molar-refractivity contribution is 5.03. The highest BCUT2D eigenvalue weighted by atomic mass is 15.0. The van der Waals surface area contributed by atoms with Crippen molar-refractivity contribution >= 4 is 0 Å². The highest BCUT2D eigenvalue weighted by Crippen LogP contribution is 2.52. The lowest BCUT2D eigenvalue weighted by molar-refractivity contribution is 0.103. The zero-order chi connectivity index (χ0) is 9.49. The van der Waals surface area contributed by atoms with Crippen molar-refractivity contribution in [3.8, 4) is 0 Å². The van der Waals surface area contributed by atoms with Crippen molar-refractivity contribution in [2.24, 2.45) is 5.41 Å². The molecular weight excluding hydrogens is 170 g/mol. The van der Waals surface area contributed by atoms with Gasteiger partial charge in [0.1, 0.15) is 0 Å². The number of hydrogen-bond acceptors (Lipinski definition) is 0. The number of piperidine rings is 1. The molecule has 0 unspecified atom stereocenters. The SMILES string of the molecule is C1CCC2(C1)CC[N]C1(CCCC1)C2. The van der Waals surface area contributed by atoms with Crippen LogP contribution in [0.5, 0.6) is 0 Å². The Bertz CT molecular complexity index is 187. The van der Waals surface area contributed by atoms with E-state index in [-0.39, 0.29) is 0 Å². The molecule has 2 spiro atoms. The van der Waals surface area contributed by atoms with Gasteiger partial charge in [-0.15, -0.1) is 0 Å². The van der Waals surface area contributed by atoms with Crippen LogP contribution in [0.25, 0.3) is 0 Å². The predicted molar refractivity (Wildman–Crippen MR) is 58.3 cm³/mol. The van der Waals surface area contributed by atoms with Gasteiger partial charge in [-0.2, -0.15) is 0 Å². The number of rotatable bonds is 0. The van der Waals surface area contributed by atoms with Crippen molar-refractivity contribution in [1.82, 2.24) is 5.32 Å². The lowest BCUT2D eigenvalue weighted by Gasteiger charge is -2.44. The maximum atomic E-state index is 4.98. The Hall–Kier alpha value is -0.0400. The molecule has 2 saturated carbocycles. The van der Waals surface area contributed by atoms with Gasteiger partial charge in [-0.25, -0.2) is 5.32 Å². The van der Waals surface area contributed by atoms with Gasteiger partial charge in [0.15, 0.2) is 0 Å². The summed E-state index contributed by atoms with van der Waals surface area (Å²) in [7, 11) is 0. The average Bonchev–Trinajstić information content (AvgIpc) is 2.77. The van der Waals surface area contributed by atoms with Gasteiger partial charge in [0.05, 0.1) is 0 Å². The molecule has 3 rings (SSSR count). The maximum absolute atomic E-state index is 4.98. The lowest BCUT2D eigenvalue weighted by atomic mass is 9.69. The molecule has 14 heavy (non-hydrogen) atoms. The van der Waals surface area contributed by atoms with Crippen LogP contribution in [-0.4, -0.2) is 12.1 Å². The first kappa shape index (κ1) is 9.21. The quantitative estimate of drug-likeness (QED) is 0.559. The smallest absolute Gasteiger partial charge is 0.0362 e. The summed E-state index contributed by atoms with van der Waals surface area (Å²) in [6.07, 6.45) is 14.6. The molecule has 0 bridgehead atoms. The van der Waals surface area contributed by atoms with Gasteiger partial charge in [0.2, 0.25) is 0 Å². The zero-order valence-electron chi connectivity index (χ0n) is 9.23. The van der Waals surface area contributed by atoms with Gasteiger partial charge in [-0.3, -0.25) is 0 Å². The monoisotopic (exact) mass is 192 g/mol. The number of hydrogen-bond donors (Lipinski definition) is 0. The van der Waals surface area contributed by atoms with Crippen LogP contribution in [0.2, 0.25) is 0 Å². The van der Waals surface area contributed by atoms with Crippen LogP contribution in [0, 0.1) is 5.41 Å². The Balaban J connectivity index is 1.77. The Morgan fingerprint density at radius 3 is 2.07 bits per heavy atom. The Kier molecular flexibility index (Phi) is 2.12. The third kappa shape index (κ3) is 1.41. The van der Waals surface area contributed by atoms with Crippen LogP contribution in [0.15, 0.2) is 0 Å². The molecule has 1 heterocycles. The van der Waals surface area contributed by atoms with E-state index >= 15 is 0 Å². The summed E-state index contributed by atoms with van der Waals surface area (Å²) in [5, 5.41) is 4.98. The Morgan fingerprint density at radius 2 is 1.36 bits per heavy atom. The Labute approximate surface area is 87.7 Å². The molecule has 3 fully saturated rings. The molecule has 1 nitrogen and oxygen atoms in total. The van der Waals surface area contributed by atoms with E-state index in [9.17, 15) is 0 Å². The van der Waals surface area contributed by atoms with Crippen LogP contribution in [0.1, 0.15) is 64.2 Å². The molecule has 3 aliphatic rings. The van der Waals surface area contributed by atoms with E-state index in [0.29, 0.717) is 5.54 Å². The van der Waals surface area contributed by atoms with Gasteiger partial charge >= 0.3 is 0 Å². The van der Waals surface area contributed by atoms with Crippen LogP contribution < -0.4 is 5.32 Å². The van der Waals surface area contributed by atoms with Crippen LogP contribution >= 0.6 is 0 Å². The third-order valence-electron chi connectivity index (χ3n) is 4.99. The zero-order valence-corrected chi connectivity index (χ0v) is 9.23. The fourth-order valence-electron chi connectivity index (χ4n) is 4.29. The van der Waals surface area contributed by atoms with E-state index in [0.717, 1.165) is 5.41 Å². The molecule has 79 valence electrons. The van der Waals surface area contributed by atoms with E-state index in [1.165, 1.54) is 70.8 Å². The van der Waals surface area contributed by atoms with Crippen molar-refractivity contribution in [3.05, 3.63) is 0 Å². The molecule has 0 aromatic carbocycles. The molecule has 0 aromatic heterocycles. The molecule has 0 aromatic rings. The van der Waals surface area contributed by atoms with Crippen molar-refractivity contribution in [1.29, 1.82) is 0 Å². The summed E-state index contributed by atoms with van der Waals surface area (Å²) < 4.78 is 0. The second-order valence-electron chi connectivity index (χ2n) is 5.95. The van der Waals surface area contributed by atoms with E-state index < -0.39 is 0 Å².